The molecule has 1 aliphatic rings. The van der Waals surface area contributed by atoms with Gasteiger partial charge in [-0.15, -0.1) is 0 Å². The Labute approximate surface area is 120 Å². The minimum absolute atomic E-state index is 0.821. The Morgan fingerprint density at radius 2 is 1.89 bits per heavy atom. The van der Waals surface area contributed by atoms with Gasteiger partial charge in [0.2, 0.25) is 0 Å². The van der Waals surface area contributed by atoms with Crippen LogP contribution >= 0.6 is 0 Å². The van der Waals surface area contributed by atoms with E-state index in [-0.39, 0.29) is 0 Å². The van der Waals surface area contributed by atoms with Crippen molar-refractivity contribution in [2.75, 3.05) is 46.8 Å². The highest BCUT2D eigenvalue weighted by molar-refractivity contribution is 4.80. The standard InChI is InChI=1S/C16H35N3/c1-4-11-17-12-7-5-6-8-13-19-14-9-10-16(19)15-18(2)3/h16-17H,4-15H2,1-3H3. The fourth-order valence-electron chi connectivity index (χ4n) is 3.04. The summed E-state index contributed by atoms with van der Waals surface area (Å²) >= 11 is 0. The summed E-state index contributed by atoms with van der Waals surface area (Å²) < 4.78 is 0. The molecule has 1 rings (SSSR count). The molecule has 0 aromatic rings. The van der Waals surface area contributed by atoms with Crippen LogP contribution in [0.25, 0.3) is 0 Å². The highest BCUT2D eigenvalue weighted by Gasteiger charge is 2.23. The second kappa shape index (κ2) is 10.6. The molecule has 0 aliphatic carbocycles. The third-order valence-electron chi connectivity index (χ3n) is 4.05. The van der Waals surface area contributed by atoms with E-state index >= 15 is 0 Å². The molecule has 0 aromatic carbocycles. The third kappa shape index (κ3) is 7.91. The lowest BCUT2D eigenvalue weighted by Crippen LogP contribution is -2.38. The second-order valence-electron chi connectivity index (χ2n) is 6.26. The molecule has 0 spiro atoms. The molecule has 0 aromatic heterocycles. The number of hydrogen-bond donors (Lipinski definition) is 1. The van der Waals surface area contributed by atoms with Crippen LogP contribution in [0.4, 0.5) is 0 Å². The van der Waals surface area contributed by atoms with Crippen molar-refractivity contribution in [3.8, 4) is 0 Å². The minimum Gasteiger partial charge on any atom is -0.317 e. The number of likely N-dealkylation sites (N-methyl/N-ethyl adjacent to an activating group) is 1. The molecule has 0 bridgehead atoms. The summed E-state index contributed by atoms with van der Waals surface area (Å²) in [7, 11) is 4.39. The van der Waals surface area contributed by atoms with Crippen molar-refractivity contribution < 1.29 is 0 Å². The first-order valence-electron chi connectivity index (χ1n) is 8.33. The van der Waals surface area contributed by atoms with E-state index in [1.54, 1.807) is 0 Å². The van der Waals surface area contributed by atoms with E-state index in [0.717, 1.165) is 6.04 Å². The van der Waals surface area contributed by atoms with Crippen molar-refractivity contribution in [3.63, 3.8) is 0 Å². The van der Waals surface area contributed by atoms with Gasteiger partial charge in [-0.05, 0) is 72.4 Å². The highest BCUT2D eigenvalue weighted by atomic mass is 15.2. The van der Waals surface area contributed by atoms with Crippen LogP contribution in [0.5, 0.6) is 0 Å². The summed E-state index contributed by atoms with van der Waals surface area (Å²) in [4.78, 5) is 5.05. The van der Waals surface area contributed by atoms with E-state index in [0.29, 0.717) is 0 Å². The van der Waals surface area contributed by atoms with Gasteiger partial charge in [0.1, 0.15) is 0 Å². The Balaban J connectivity index is 1.96. The molecule has 3 heteroatoms. The Kier molecular flexibility index (Phi) is 9.48. The van der Waals surface area contributed by atoms with Gasteiger partial charge in [-0.3, -0.25) is 4.90 Å². The maximum atomic E-state index is 3.48. The topological polar surface area (TPSA) is 18.5 Å². The summed E-state index contributed by atoms with van der Waals surface area (Å²) in [5, 5.41) is 3.48. The molecule has 1 atom stereocenters. The predicted octanol–water partition coefficient (Wildman–Crippen LogP) is 2.57. The fraction of sp³-hybridized carbons (Fsp3) is 1.00. The molecular formula is C16H35N3. The smallest absolute Gasteiger partial charge is 0.0223 e. The van der Waals surface area contributed by atoms with Gasteiger partial charge in [-0.25, -0.2) is 0 Å². The highest BCUT2D eigenvalue weighted by Crippen LogP contribution is 2.18. The van der Waals surface area contributed by atoms with E-state index in [4.69, 9.17) is 0 Å². The van der Waals surface area contributed by atoms with E-state index in [9.17, 15) is 0 Å². The molecule has 114 valence electrons. The number of nitrogens with zero attached hydrogens (tertiary/aromatic N) is 2. The first-order chi connectivity index (χ1) is 9.24. The zero-order valence-corrected chi connectivity index (χ0v) is 13.5. The van der Waals surface area contributed by atoms with Gasteiger partial charge >= 0.3 is 0 Å². The Hall–Kier alpha value is -0.120. The number of hydrogen-bond acceptors (Lipinski definition) is 3. The lowest BCUT2D eigenvalue weighted by molar-refractivity contribution is 0.204. The fourth-order valence-corrected chi connectivity index (χ4v) is 3.04. The molecule has 1 aliphatic heterocycles. The Morgan fingerprint density at radius 1 is 1.11 bits per heavy atom. The van der Waals surface area contributed by atoms with Crippen LogP contribution in [-0.4, -0.2) is 62.7 Å². The van der Waals surface area contributed by atoms with E-state index in [2.05, 4.69) is 36.1 Å². The molecular weight excluding hydrogens is 234 g/mol. The Morgan fingerprint density at radius 3 is 2.63 bits per heavy atom. The average Bonchev–Trinajstić information content (AvgIpc) is 2.79. The molecule has 19 heavy (non-hydrogen) atoms. The van der Waals surface area contributed by atoms with Crippen molar-refractivity contribution in [2.45, 2.75) is 57.9 Å². The van der Waals surface area contributed by atoms with Gasteiger partial charge in [-0.2, -0.15) is 0 Å². The van der Waals surface area contributed by atoms with Crippen molar-refractivity contribution in [1.82, 2.24) is 15.1 Å². The van der Waals surface area contributed by atoms with Gasteiger partial charge in [0.05, 0.1) is 0 Å². The number of rotatable bonds is 11. The average molecular weight is 269 g/mol. The first kappa shape index (κ1) is 16.9. The van der Waals surface area contributed by atoms with Crippen molar-refractivity contribution in [3.05, 3.63) is 0 Å². The zero-order chi connectivity index (χ0) is 13.9. The van der Waals surface area contributed by atoms with Crippen LogP contribution in [0.1, 0.15) is 51.9 Å². The quantitative estimate of drug-likeness (QED) is 0.582. The lowest BCUT2D eigenvalue weighted by Gasteiger charge is -2.26. The number of unbranched alkanes of at least 4 members (excludes halogenated alkanes) is 3. The molecule has 1 fully saturated rings. The maximum absolute atomic E-state index is 3.48. The van der Waals surface area contributed by atoms with Gasteiger partial charge < -0.3 is 10.2 Å². The lowest BCUT2D eigenvalue weighted by atomic mass is 10.1. The molecule has 1 heterocycles. The van der Waals surface area contributed by atoms with E-state index in [1.165, 1.54) is 77.7 Å². The predicted molar refractivity (Wildman–Crippen MR) is 84.8 cm³/mol. The zero-order valence-electron chi connectivity index (χ0n) is 13.5. The van der Waals surface area contributed by atoms with Gasteiger partial charge in [0.25, 0.3) is 0 Å². The van der Waals surface area contributed by atoms with Crippen LogP contribution in [0, 0.1) is 0 Å². The van der Waals surface area contributed by atoms with Crippen LogP contribution in [-0.2, 0) is 0 Å². The van der Waals surface area contributed by atoms with Crippen molar-refractivity contribution >= 4 is 0 Å². The summed E-state index contributed by atoms with van der Waals surface area (Å²) in [6.07, 6.45) is 9.58. The molecule has 1 N–H and O–H groups in total. The monoisotopic (exact) mass is 269 g/mol. The van der Waals surface area contributed by atoms with E-state index in [1.807, 2.05) is 0 Å². The van der Waals surface area contributed by atoms with E-state index < -0.39 is 0 Å². The summed E-state index contributed by atoms with van der Waals surface area (Å²) in [6, 6.07) is 0.821. The summed E-state index contributed by atoms with van der Waals surface area (Å²) in [5.41, 5.74) is 0. The number of likely N-dealkylation sites (tertiary alicyclic amines) is 1. The van der Waals surface area contributed by atoms with Crippen LogP contribution in [0.2, 0.25) is 0 Å². The largest absolute Gasteiger partial charge is 0.317 e. The van der Waals surface area contributed by atoms with Gasteiger partial charge in [0, 0.05) is 12.6 Å². The minimum atomic E-state index is 0.821. The van der Waals surface area contributed by atoms with Crippen LogP contribution in [0.15, 0.2) is 0 Å². The summed E-state index contributed by atoms with van der Waals surface area (Å²) in [6.45, 7) is 8.51. The third-order valence-corrected chi connectivity index (χ3v) is 4.05. The number of nitrogens with one attached hydrogen (secondary N) is 1. The molecule has 0 amide bonds. The van der Waals surface area contributed by atoms with Crippen LogP contribution in [0.3, 0.4) is 0 Å². The normalized spacial score (nSPS) is 20.5. The molecule has 0 saturated carbocycles. The maximum Gasteiger partial charge on any atom is 0.0223 e. The van der Waals surface area contributed by atoms with Crippen molar-refractivity contribution in [1.29, 1.82) is 0 Å². The molecule has 1 unspecified atom stereocenters. The molecule has 3 nitrogen and oxygen atoms in total. The SMILES string of the molecule is CCCNCCCCCCN1CCCC1CN(C)C. The van der Waals surface area contributed by atoms with Gasteiger partial charge in [0.15, 0.2) is 0 Å². The summed E-state index contributed by atoms with van der Waals surface area (Å²) in [5.74, 6) is 0. The molecule has 0 radical (unpaired) electrons. The molecule has 1 saturated heterocycles. The van der Waals surface area contributed by atoms with Crippen LogP contribution < -0.4 is 5.32 Å². The van der Waals surface area contributed by atoms with Gasteiger partial charge in [-0.1, -0.05) is 19.8 Å². The first-order valence-corrected chi connectivity index (χ1v) is 8.33. The second-order valence-corrected chi connectivity index (χ2v) is 6.26. The van der Waals surface area contributed by atoms with Crippen molar-refractivity contribution in [2.24, 2.45) is 0 Å². The Bertz CT molecular complexity index is 206.